The largest absolute Gasteiger partial charge is 0.348 e. The van der Waals surface area contributed by atoms with Crippen molar-refractivity contribution in [2.24, 2.45) is 5.92 Å². The molecule has 4 nitrogen and oxygen atoms in total. The van der Waals surface area contributed by atoms with Gasteiger partial charge in [-0.3, -0.25) is 14.7 Å². The number of rotatable bonds is 5. The molecule has 1 aromatic heterocycles. The zero-order chi connectivity index (χ0) is 16.8. The Labute approximate surface area is 143 Å². The van der Waals surface area contributed by atoms with Gasteiger partial charge < -0.3 is 5.32 Å². The number of benzene rings is 1. The summed E-state index contributed by atoms with van der Waals surface area (Å²) in [6.07, 6.45) is 3.80. The highest BCUT2D eigenvalue weighted by atomic mass is 16.2. The van der Waals surface area contributed by atoms with Crippen LogP contribution in [0.2, 0.25) is 0 Å². The fourth-order valence-corrected chi connectivity index (χ4v) is 3.29. The van der Waals surface area contributed by atoms with Gasteiger partial charge >= 0.3 is 0 Å². The van der Waals surface area contributed by atoms with Crippen molar-refractivity contribution < 1.29 is 4.79 Å². The summed E-state index contributed by atoms with van der Waals surface area (Å²) in [7, 11) is 0. The Bertz CT molecular complexity index is 644. The lowest BCUT2D eigenvalue weighted by atomic mass is 9.96. The quantitative estimate of drug-likeness (QED) is 0.919. The number of hydrogen-bond donors (Lipinski definition) is 1. The molecule has 1 saturated heterocycles. The fraction of sp³-hybridized carbons (Fsp3) is 0.400. The Morgan fingerprint density at radius 1 is 1.25 bits per heavy atom. The van der Waals surface area contributed by atoms with Gasteiger partial charge in [0.2, 0.25) is 5.91 Å². The van der Waals surface area contributed by atoms with Crippen LogP contribution in [0.3, 0.4) is 0 Å². The maximum absolute atomic E-state index is 12.6. The Morgan fingerprint density at radius 2 is 2.04 bits per heavy atom. The second-order valence-corrected chi connectivity index (χ2v) is 6.54. The predicted octanol–water partition coefficient (Wildman–Crippen LogP) is 3.17. The van der Waals surface area contributed by atoms with Crippen molar-refractivity contribution in [3.05, 3.63) is 66.0 Å². The van der Waals surface area contributed by atoms with E-state index >= 15 is 0 Å². The van der Waals surface area contributed by atoms with E-state index in [9.17, 15) is 4.79 Å². The number of pyridine rings is 1. The monoisotopic (exact) mass is 323 g/mol. The van der Waals surface area contributed by atoms with E-state index in [1.807, 2.05) is 31.2 Å². The predicted molar refractivity (Wildman–Crippen MR) is 95.2 cm³/mol. The zero-order valence-corrected chi connectivity index (χ0v) is 14.2. The lowest BCUT2D eigenvalue weighted by molar-refractivity contribution is -0.127. The first kappa shape index (κ1) is 16.7. The van der Waals surface area contributed by atoms with Gasteiger partial charge in [-0.15, -0.1) is 0 Å². The maximum atomic E-state index is 12.6. The van der Waals surface area contributed by atoms with Crippen LogP contribution in [0.1, 0.15) is 37.1 Å². The van der Waals surface area contributed by atoms with E-state index in [1.54, 1.807) is 6.20 Å². The summed E-state index contributed by atoms with van der Waals surface area (Å²) in [6, 6.07) is 16.2. The van der Waals surface area contributed by atoms with Gasteiger partial charge in [-0.2, -0.15) is 0 Å². The number of piperidine rings is 1. The number of aromatic nitrogens is 1. The number of hydrogen-bond acceptors (Lipinski definition) is 3. The van der Waals surface area contributed by atoms with Gasteiger partial charge in [0, 0.05) is 19.3 Å². The fourth-order valence-electron chi connectivity index (χ4n) is 3.29. The number of likely N-dealkylation sites (tertiary alicyclic amines) is 1. The molecule has 24 heavy (non-hydrogen) atoms. The van der Waals surface area contributed by atoms with E-state index in [-0.39, 0.29) is 17.9 Å². The Kier molecular flexibility index (Phi) is 5.59. The molecule has 1 amide bonds. The molecule has 2 atom stereocenters. The molecule has 1 N–H and O–H groups in total. The molecule has 0 spiro atoms. The normalized spacial score (nSPS) is 19.6. The first-order chi connectivity index (χ1) is 11.7. The van der Waals surface area contributed by atoms with Gasteiger partial charge in [0.25, 0.3) is 0 Å². The topological polar surface area (TPSA) is 45.2 Å². The van der Waals surface area contributed by atoms with Crippen molar-refractivity contribution >= 4 is 5.91 Å². The highest BCUT2D eigenvalue weighted by molar-refractivity contribution is 5.79. The van der Waals surface area contributed by atoms with Crippen molar-refractivity contribution in [1.29, 1.82) is 0 Å². The first-order valence-electron chi connectivity index (χ1n) is 8.70. The molecular weight excluding hydrogens is 298 g/mol. The molecule has 4 heteroatoms. The molecule has 126 valence electrons. The van der Waals surface area contributed by atoms with Crippen LogP contribution in [0.15, 0.2) is 54.7 Å². The van der Waals surface area contributed by atoms with Crippen LogP contribution in [-0.2, 0) is 11.3 Å². The summed E-state index contributed by atoms with van der Waals surface area (Å²) < 4.78 is 0. The molecule has 0 saturated carbocycles. The third-order valence-corrected chi connectivity index (χ3v) is 4.62. The van der Waals surface area contributed by atoms with Gasteiger partial charge in [-0.25, -0.2) is 0 Å². The molecule has 0 bridgehead atoms. The van der Waals surface area contributed by atoms with Crippen LogP contribution < -0.4 is 5.32 Å². The lowest BCUT2D eigenvalue weighted by Crippen LogP contribution is -2.43. The molecule has 2 heterocycles. The Hall–Kier alpha value is -2.20. The van der Waals surface area contributed by atoms with Crippen molar-refractivity contribution in [2.45, 2.75) is 32.4 Å². The van der Waals surface area contributed by atoms with E-state index < -0.39 is 0 Å². The highest BCUT2D eigenvalue weighted by Gasteiger charge is 2.26. The van der Waals surface area contributed by atoms with Gasteiger partial charge in [0.1, 0.15) is 0 Å². The van der Waals surface area contributed by atoms with Gasteiger partial charge in [0.05, 0.1) is 17.7 Å². The van der Waals surface area contributed by atoms with Crippen molar-refractivity contribution in [1.82, 2.24) is 15.2 Å². The van der Waals surface area contributed by atoms with Crippen LogP contribution in [-0.4, -0.2) is 28.9 Å². The molecule has 1 aliphatic rings. The standard InChI is InChI=1S/C20H25N3O/c1-16(19-11-5-6-12-21-19)22-20(24)18-10-7-13-23(15-18)14-17-8-3-2-4-9-17/h2-6,8-9,11-12,16,18H,7,10,13-15H2,1H3,(H,22,24)/t16-,18-/m0/s1. The smallest absolute Gasteiger partial charge is 0.224 e. The molecule has 1 aliphatic heterocycles. The zero-order valence-electron chi connectivity index (χ0n) is 14.2. The second kappa shape index (κ2) is 8.06. The molecule has 3 rings (SSSR count). The van der Waals surface area contributed by atoms with Crippen LogP contribution in [0, 0.1) is 5.92 Å². The van der Waals surface area contributed by atoms with E-state index in [1.165, 1.54) is 5.56 Å². The molecular formula is C20H25N3O. The third kappa shape index (κ3) is 4.42. The summed E-state index contributed by atoms with van der Waals surface area (Å²) >= 11 is 0. The minimum Gasteiger partial charge on any atom is -0.348 e. The minimum absolute atomic E-state index is 0.0526. The maximum Gasteiger partial charge on any atom is 0.224 e. The van der Waals surface area contributed by atoms with E-state index in [2.05, 4.69) is 39.5 Å². The minimum atomic E-state index is -0.0526. The third-order valence-electron chi connectivity index (χ3n) is 4.62. The summed E-state index contributed by atoms with van der Waals surface area (Å²) in [5.74, 6) is 0.208. The molecule has 0 aliphatic carbocycles. The van der Waals surface area contributed by atoms with Gasteiger partial charge in [-0.05, 0) is 44.0 Å². The van der Waals surface area contributed by atoms with Gasteiger partial charge in [-0.1, -0.05) is 36.4 Å². The number of carbonyl (C=O) groups is 1. The first-order valence-corrected chi connectivity index (χ1v) is 8.70. The summed E-state index contributed by atoms with van der Waals surface area (Å²) in [4.78, 5) is 19.3. The Balaban J connectivity index is 1.55. The molecule has 2 aromatic rings. The van der Waals surface area contributed by atoms with Crippen molar-refractivity contribution in [3.8, 4) is 0 Å². The van der Waals surface area contributed by atoms with Crippen LogP contribution in [0.4, 0.5) is 0 Å². The van der Waals surface area contributed by atoms with Crippen LogP contribution >= 0.6 is 0 Å². The SMILES string of the molecule is C[C@H](NC(=O)[C@H]1CCCN(Cc2ccccc2)C1)c1ccccn1. The van der Waals surface area contributed by atoms with Gasteiger partial charge in [0.15, 0.2) is 0 Å². The average Bonchev–Trinajstić information content (AvgIpc) is 2.63. The van der Waals surface area contributed by atoms with Crippen molar-refractivity contribution in [3.63, 3.8) is 0 Å². The number of carbonyl (C=O) groups excluding carboxylic acids is 1. The lowest BCUT2D eigenvalue weighted by Gasteiger charge is -2.32. The van der Waals surface area contributed by atoms with E-state index in [0.717, 1.165) is 38.2 Å². The second-order valence-electron chi connectivity index (χ2n) is 6.54. The Morgan fingerprint density at radius 3 is 2.79 bits per heavy atom. The average molecular weight is 323 g/mol. The number of nitrogens with zero attached hydrogens (tertiary/aromatic N) is 2. The highest BCUT2D eigenvalue weighted by Crippen LogP contribution is 2.20. The van der Waals surface area contributed by atoms with E-state index in [0.29, 0.717) is 0 Å². The molecule has 0 unspecified atom stereocenters. The summed E-state index contributed by atoms with van der Waals surface area (Å²) in [6.45, 7) is 4.80. The van der Waals surface area contributed by atoms with Crippen molar-refractivity contribution in [2.75, 3.05) is 13.1 Å². The summed E-state index contributed by atoms with van der Waals surface area (Å²) in [5.41, 5.74) is 2.21. The molecule has 1 aromatic carbocycles. The summed E-state index contributed by atoms with van der Waals surface area (Å²) in [5, 5.41) is 3.12. The molecule has 1 fully saturated rings. The number of amides is 1. The van der Waals surface area contributed by atoms with E-state index in [4.69, 9.17) is 0 Å². The molecule has 0 radical (unpaired) electrons. The van der Waals surface area contributed by atoms with Crippen LogP contribution in [0.5, 0.6) is 0 Å². The van der Waals surface area contributed by atoms with Crippen LogP contribution in [0.25, 0.3) is 0 Å². The number of nitrogens with one attached hydrogen (secondary N) is 1.